The van der Waals surface area contributed by atoms with Gasteiger partial charge in [0.1, 0.15) is 5.01 Å². The summed E-state index contributed by atoms with van der Waals surface area (Å²) in [7, 11) is 0. The molecule has 0 aromatic carbocycles. The van der Waals surface area contributed by atoms with Crippen molar-refractivity contribution in [3.8, 4) is 0 Å². The Balaban J connectivity index is 1.86. The molecular formula is C13H17N3S. The molecule has 0 fully saturated rings. The minimum absolute atomic E-state index is 0.0665. The maximum absolute atomic E-state index is 4.35. The molecule has 0 spiro atoms. The maximum atomic E-state index is 4.35. The first-order valence-electron chi connectivity index (χ1n) is 5.73. The van der Waals surface area contributed by atoms with Crippen molar-refractivity contribution >= 4 is 11.3 Å². The van der Waals surface area contributed by atoms with E-state index in [0.29, 0.717) is 0 Å². The van der Waals surface area contributed by atoms with Crippen LogP contribution in [-0.2, 0) is 12.0 Å². The van der Waals surface area contributed by atoms with Crippen LogP contribution in [0.1, 0.15) is 24.5 Å². The van der Waals surface area contributed by atoms with Crippen molar-refractivity contribution in [2.24, 2.45) is 0 Å². The highest BCUT2D eigenvalue weighted by atomic mass is 32.1. The van der Waals surface area contributed by atoms with E-state index in [-0.39, 0.29) is 5.54 Å². The average Bonchev–Trinajstić information content (AvgIpc) is 2.84. The molecule has 90 valence electrons. The minimum atomic E-state index is -0.0665. The quantitative estimate of drug-likeness (QED) is 0.882. The van der Waals surface area contributed by atoms with Crippen LogP contribution >= 0.6 is 11.3 Å². The van der Waals surface area contributed by atoms with Crippen LogP contribution in [0.3, 0.4) is 0 Å². The Hall–Kier alpha value is -1.26. The van der Waals surface area contributed by atoms with E-state index >= 15 is 0 Å². The van der Waals surface area contributed by atoms with Gasteiger partial charge in [-0.05, 0) is 26.0 Å². The average molecular weight is 247 g/mol. The SMILES string of the molecule is CC(C)(NCCc1ccccn1)c1nccs1. The summed E-state index contributed by atoms with van der Waals surface area (Å²) in [4.78, 5) is 8.66. The van der Waals surface area contributed by atoms with Gasteiger partial charge in [-0.3, -0.25) is 4.98 Å². The standard InChI is InChI=1S/C13H17N3S/c1-13(2,12-15-9-10-17-12)16-8-6-11-5-3-4-7-14-11/h3-5,7,9-10,16H,6,8H2,1-2H3. The summed E-state index contributed by atoms with van der Waals surface area (Å²) in [5.41, 5.74) is 1.05. The molecule has 0 radical (unpaired) electrons. The molecule has 0 atom stereocenters. The van der Waals surface area contributed by atoms with Crippen molar-refractivity contribution < 1.29 is 0 Å². The van der Waals surface area contributed by atoms with Crippen molar-refractivity contribution in [3.05, 3.63) is 46.7 Å². The lowest BCUT2D eigenvalue weighted by molar-refractivity contribution is 0.404. The number of pyridine rings is 1. The van der Waals surface area contributed by atoms with Crippen molar-refractivity contribution in [2.75, 3.05) is 6.54 Å². The smallest absolute Gasteiger partial charge is 0.112 e. The lowest BCUT2D eigenvalue weighted by atomic mass is 10.1. The fourth-order valence-corrected chi connectivity index (χ4v) is 2.40. The molecule has 3 nitrogen and oxygen atoms in total. The van der Waals surface area contributed by atoms with E-state index in [1.807, 2.05) is 29.9 Å². The zero-order chi connectivity index (χ0) is 12.1. The topological polar surface area (TPSA) is 37.8 Å². The molecule has 0 amide bonds. The van der Waals surface area contributed by atoms with Gasteiger partial charge >= 0.3 is 0 Å². The summed E-state index contributed by atoms with van der Waals surface area (Å²) >= 11 is 1.69. The van der Waals surface area contributed by atoms with Crippen molar-refractivity contribution in [3.63, 3.8) is 0 Å². The predicted octanol–water partition coefficient (Wildman–Crippen LogP) is 2.61. The van der Waals surface area contributed by atoms with E-state index in [1.54, 1.807) is 11.3 Å². The number of aromatic nitrogens is 2. The van der Waals surface area contributed by atoms with Crippen LogP contribution in [-0.4, -0.2) is 16.5 Å². The van der Waals surface area contributed by atoms with E-state index in [4.69, 9.17) is 0 Å². The molecule has 4 heteroatoms. The molecule has 0 aliphatic heterocycles. The van der Waals surface area contributed by atoms with Crippen LogP contribution in [0.5, 0.6) is 0 Å². The molecule has 0 bridgehead atoms. The third-order valence-corrected chi connectivity index (χ3v) is 3.74. The second-order valence-electron chi connectivity index (χ2n) is 4.46. The number of rotatable bonds is 5. The Morgan fingerprint density at radius 3 is 2.76 bits per heavy atom. The highest BCUT2D eigenvalue weighted by Gasteiger charge is 2.21. The molecule has 2 aromatic rings. The van der Waals surface area contributed by atoms with Crippen LogP contribution < -0.4 is 5.32 Å². The zero-order valence-corrected chi connectivity index (χ0v) is 11.0. The molecular weight excluding hydrogens is 230 g/mol. The van der Waals surface area contributed by atoms with E-state index in [9.17, 15) is 0 Å². The van der Waals surface area contributed by atoms with E-state index in [0.717, 1.165) is 23.7 Å². The summed E-state index contributed by atoms with van der Waals surface area (Å²) < 4.78 is 0. The van der Waals surface area contributed by atoms with Gasteiger partial charge in [0.05, 0.1) is 5.54 Å². The summed E-state index contributed by atoms with van der Waals surface area (Å²) in [5.74, 6) is 0. The molecule has 1 N–H and O–H groups in total. The third-order valence-electron chi connectivity index (χ3n) is 2.64. The van der Waals surface area contributed by atoms with E-state index in [2.05, 4.69) is 35.2 Å². The van der Waals surface area contributed by atoms with Crippen molar-refractivity contribution in [2.45, 2.75) is 25.8 Å². The highest BCUT2D eigenvalue weighted by molar-refractivity contribution is 7.09. The van der Waals surface area contributed by atoms with Gasteiger partial charge in [-0.1, -0.05) is 6.07 Å². The molecule has 2 heterocycles. The van der Waals surface area contributed by atoms with Crippen molar-refractivity contribution in [1.29, 1.82) is 0 Å². The second-order valence-corrected chi connectivity index (χ2v) is 5.35. The first kappa shape index (κ1) is 12.2. The van der Waals surface area contributed by atoms with Gasteiger partial charge < -0.3 is 5.32 Å². The first-order chi connectivity index (χ1) is 8.18. The number of hydrogen-bond donors (Lipinski definition) is 1. The van der Waals surface area contributed by atoms with Gasteiger partial charge in [-0.2, -0.15) is 0 Å². The second kappa shape index (κ2) is 5.38. The number of nitrogens with zero attached hydrogens (tertiary/aromatic N) is 2. The van der Waals surface area contributed by atoms with E-state index < -0.39 is 0 Å². The Labute approximate surface area is 106 Å². The van der Waals surface area contributed by atoms with E-state index in [1.165, 1.54) is 0 Å². The fourth-order valence-electron chi connectivity index (χ4n) is 1.66. The van der Waals surface area contributed by atoms with Crippen LogP contribution in [0.25, 0.3) is 0 Å². The van der Waals surface area contributed by atoms with Gasteiger partial charge in [0.25, 0.3) is 0 Å². The van der Waals surface area contributed by atoms with Crippen LogP contribution in [0.4, 0.5) is 0 Å². The van der Waals surface area contributed by atoms with Gasteiger partial charge in [-0.15, -0.1) is 11.3 Å². The Morgan fingerprint density at radius 2 is 2.12 bits per heavy atom. The monoisotopic (exact) mass is 247 g/mol. The lowest BCUT2D eigenvalue weighted by Crippen LogP contribution is -2.37. The van der Waals surface area contributed by atoms with Crippen LogP contribution in [0, 0.1) is 0 Å². The normalized spacial score (nSPS) is 11.6. The largest absolute Gasteiger partial charge is 0.305 e. The van der Waals surface area contributed by atoms with Crippen LogP contribution in [0.15, 0.2) is 36.0 Å². The molecule has 17 heavy (non-hydrogen) atoms. The maximum Gasteiger partial charge on any atom is 0.112 e. The molecule has 0 saturated heterocycles. The molecule has 0 aliphatic rings. The van der Waals surface area contributed by atoms with Crippen LogP contribution in [0.2, 0.25) is 0 Å². The molecule has 2 aromatic heterocycles. The summed E-state index contributed by atoms with van der Waals surface area (Å²) in [6.45, 7) is 5.22. The fraction of sp³-hybridized carbons (Fsp3) is 0.385. The first-order valence-corrected chi connectivity index (χ1v) is 6.61. The predicted molar refractivity (Wildman–Crippen MR) is 71.1 cm³/mol. The molecule has 2 rings (SSSR count). The summed E-state index contributed by atoms with van der Waals surface area (Å²) in [6.07, 6.45) is 4.62. The summed E-state index contributed by atoms with van der Waals surface area (Å²) in [5, 5.41) is 6.65. The van der Waals surface area contributed by atoms with Gasteiger partial charge in [-0.25, -0.2) is 4.98 Å². The minimum Gasteiger partial charge on any atom is -0.305 e. The molecule has 0 unspecified atom stereocenters. The van der Waals surface area contributed by atoms with Gasteiger partial charge in [0.2, 0.25) is 0 Å². The number of thiazole rings is 1. The molecule has 0 saturated carbocycles. The van der Waals surface area contributed by atoms with Gasteiger partial charge in [0, 0.05) is 36.4 Å². The third kappa shape index (κ3) is 3.35. The lowest BCUT2D eigenvalue weighted by Gasteiger charge is -2.23. The Kier molecular flexibility index (Phi) is 3.86. The summed E-state index contributed by atoms with van der Waals surface area (Å²) in [6, 6.07) is 6.02. The molecule has 0 aliphatic carbocycles. The Bertz CT molecular complexity index is 437. The van der Waals surface area contributed by atoms with Gasteiger partial charge in [0.15, 0.2) is 0 Å². The number of hydrogen-bond acceptors (Lipinski definition) is 4. The number of nitrogens with one attached hydrogen (secondary N) is 1. The highest BCUT2D eigenvalue weighted by Crippen LogP contribution is 2.21. The Morgan fingerprint density at radius 1 is 1.24 bits per heavy atom. The zero-order valence-electron chi connectivity index (χ0n) is 10.2. The van der Waals surface area contributed by atoms with Crippen molar-refractivity contribution in [1.82, 2.24) is 15.3 Å².